The van der Waals surface area contributed by atoms with Crippen molar-refractivity contribution in [2.75, 3.05) is 6.54 Å². The molecule has 0 aliphatic heterocycles. The van der Waals surface area contributed by atoms with Crippen LogP contribution in [0.3, 0.4) is 0 Å². The molecule has 0 rings (SSSR count). The topological polar surface area (TPSA) is 12.0 Å². The third kappa shape index (κ3) is 20.6. The first-order chi connectivity index (χ1) is 2.41. The minimum atomic E-state index is 0. The molecule has 0 fully saturated rings. The van der Waals surface area contributed by atoms with Crippen LogP contribution < -0.4 is 5.23 Å². The van der Waals surface area contributed by atoms with Crippen molar-refractivity contribution in [2.24, 2.45) is 0 Å². The van der Waals surface area contributed by atoms with E-state index >= 15 is 0 Å². The lowest BCUT2D eigenvalue weighted by molar-refractivity contribution is 0.868. The number of nitrogens with one attached hydrogen (secondary N) is 1. The van der Waals surface area contributed by atoms with E-state index in [4.69, 9.17) is 7.98 Å². The molecular weight excluding hydrogens is 132 g/mol. The summed E-state index contributed by atoms with van der Waals surface area (Å²) in [5.41, 5.74) is 0. The van der Waals surface area contributed by atoms with E-state index in [1.165, 1.54) is 0 Å². The first kappa shape index (κ1) is 15.6. The van der Waals surface area contributed by atoms with E-state index in [9.17, 15) is 0 Å². The highest BCUT2D eigenvalue weighted by molar-refractivity contribution is 6.04. The normalized spacial score (nSPS) is 5.86. The average molecular weight is 142 g/mol. The van der Waals surface area contributed by atoms with Gasteiger partial charge in [-0.05, 0) is 13.0 Å². The van der Waals surface area contributed by atoms with Gasteiger partial charge in [-0.15, -0.1) is 24.8 Å². The molecule has 0 aromatic heterocycles. The zero-order valence-corrected chi connectivity index (χ0v) is 5.94. The van der Waals surface area contributed by atoms with Crippen LogP contribution in [0.15, 0.2) is 0 Å². The highest BCUT2D eigenvalue weighted by atomic mass is 35.5. The fourth-order valence-corrected chi connectivity index (χ4v) is 0.144. The van der Waals surface area contributed by atoms with Crippen LogP contribution in [0.5, 0.6) is 0 Å². The third-order valence-electron chi connectivity index (χ3n) is 0.394. The molecule has 44 valence electrons. The Morgan fingerprint density at radius 1 is 1.43 bits per heavy atom. The third-order valence-corrected chi connectivity index (χ3v) is 0.394. The van der Waals surface area contributed by atoms with Crippen LogP contribution in [0.1, 0.15) is 13.3 Å². The Kier molecular flexibility index (Phi) is 35.7. The average Bonchev–Trinajstić information content (AvgIpc) is 1.41. The van der Waals surface area contributed by atoms with Gasteiger partial charge in [0.1, 0.15) is 0 Å². The monoisotopic (exact) mass is 141 g/mol. The van der Waals surface area contributed by atoms with Crippen LogP contribution in [-0.4, -0.2) is 14.5 Å². The Balaban J connectivity index is -0.0000000800. The van der Waals surface area contributed by atoms with Crippen molar-refractivity contribution in [3.8, 4) is 0 Å². The molecule has 0 saturated heterocycles. The quantitative estimate of drug-likeness (QED) is 0.565. The van der Waals surface area contributed by atoms with Gasteiger partial charge >= 0.3 is 0 Å². The molecule has 2 radical (unpaired) electrons. The van der Waals surface area contributed by atoms with E-state index in [0.29, 0.717) is 0 Å². The van der Waals surface area contributed by atoms with Crippen LogP contribution in [-0.2, 0) is 0 Å². The van der Waals surface area contributed by atoms with Crippen molar-refractivity contribution >= 4 is 32.8 Å². The molecule has 0 aliphatic carbocycles. The van der Waals surface area contributed by atoms with E-state index < -0.39 is 0 Å². The summed E-state index contributed by atoms with van der Waals surface area (Å²) < 4.78 is 0. The van der Waals surface area contributed by atoms with Gasteiger partial charge in [-0.25, -0.2) is 0 Å². The molecule has 0 atom stereocenters. The zero-order valence-electron chi connectivity index (χ0n) is 4.31. The molecule has 1 nitrogen and oxygen atoms in total. The number of rotatable bonds is 2. The van der Waals surface area contributed by atoms with E-state index in [-0.39, 0.29) is 24.8 Å². The van der Waals surface area contributed by atoms with Crippen molar-refractivity contribution < 1.29 is 0 Å². The Labute approximate surface area is 58.5 Å². The van der Waals surface area contributed by atoms with Crippen LogP contribution in [0.4, 0.5) is 0 Å². The predicted octanol–water partition coefficient (Wildman–Crippen LogP) is 0.913. The van der Waals surface area contributed by atoms with Gasteiger partial charge in [-0.1, -0.05) is 6.92 Å². The Morgan fingerprint density at radius 3 is 1.86 bits per heavy atom. The Bertz CT molecular complexity index is 20.4. The maximum Gasteiger partial charge on any atom is 0.177 e. The highest BCUT2D eigenvalue weighted by Crippen LogP contribution is 1.61. The SMILES string of the molecule is Cl.Cl.[B]NCCC. The van der Waals surface area contributed by atoms with Crippen molar-refractivity contribution in [1.29, 1.82) is 0 Å². The lowest BCUT2D eigenvalue weighted by Crippen LogP contribution is -2.07. The maximum atomic E-state index is 4.89. The molecule has 0 bridgehead atoms. The molecule has 1 N–H and O–H groups in total. The molecule has 0 aromatic rings. The summed E-state index contributed by atoms with van der Waals surface area (Å²) >= 11 is 0. The number of hydrogen-bond acceptors (Lipinski definition) is 1. The first-order valence-electron chi connectivity index (χ1n) is 1.85. The summed E-state index contributed by atoms with van der Waals surface area (Å²) in [7, 11) is 4.89. The number of halogens is 2. The summed E-state index contributed by atoms with van der Waals surface area (Å²) in [6, 6.07) is 0. The van der Waals surface area contributed by atoms with Gasteiger partial charge in [-0.2, -0.15) is 0 Å². The molecule has 4 heteroatoms. The van der Waals surface area contributed by atoms with Gasteiger partial charge in [0.25, 0.3) is 0 Å². The van der Waals surface area contributed by atoms with Crippen LogP contribution in [0, 0.1) is 0 Å². The lowest BCUT2D eigenvalue weighted by atomic mass is 10.4. The molecule has 0 aliphatic rings. The zero-order chi connectivity index (χ0) is 4.12. The molecule has 0 spiro atoms. The molecule has 0 amide bonds. The standard InChI is InChI=1S/C3H8BN.2ClH/c1-2-3-5-4;;/h5H,2-3H2,1H3;2*1H. The minimum Gasteiger partial charge on any atom is -0.366 e. The van der Waals surface area contributed by atoms with Gasteiger partial charge in [-0.3, -0.25) is 0 Å². The van der Waals surface area contributed by atoms with Crippen molar-refractivity contribution in [1.82, 2.24) is 5.23 Å². The summed E-state index contributed by atoms with van der Waals surface area (Å²) in [6.45, 7) is 2.99. The summed E-state index contributed by atoms with van der Waals surface area (Å²) in [4.78, 5) is 0. The predicted molar refractivity (Wildman–Crippen MR) is 38.5 cm³/mol. The lowest BCUT2D eigenvalue weighted by Gasteiger charge is -1.84. The largest absolute Gasteiger partial charge is 0.366 e. The van der Waals surface area contributed by atoms with Gasteiger partial charge in [0, 0.05) is 0 Å². The van der Waals surface area contributed by atoms with E-state index in [2.05, 4.69) is 12.2 Å². The van der Waals surface area contributed by atoms with Gasteiger partial charge in [0.05, 0.1) is 0 Å². The summed E-state index contributed by atoms with van der Waals surface area (Å²) in [5, 5.41) is 2.52. The van der Waals surface area contributed by atoms with Crippen LogP contribution in [0.25, 0.3) is 0 Å². The molecule has 7 heavy (non-hydrogen) atoms. The Hall–Kier alpha value is 0.605. The van der Waals surface area contributed by atoms with Crippen molar-refractivity contribution in [2.45, 2.75) is 13.3 Å². The maximum absolute atomic E-state index is 4.89. The van der Waals surface area contributed by atoms with Crippen molar-refractivity contribution in [3.63, 3.8) is 0 Å². The second kappa shape index (κ2) is 16.0. The summed E-state index contributed by atoms with van der Waals surface area (Å²) in [5.74, 6) is 0. The molecule has 0 heterocycles. The van der Waals surface area contributed by atoms with Crippen molar-refractivity contribution in [3.05, 3.63) is 0 Å². The summed E-state index contributed by atoms with van der Waals surface area (Å²) in [6.07, 6.45) is 1.11. The van der Waals surface area contributed by atoms with Gasteiger partial charge in [0.15, 0.2) is 7.98 Å². The second-order valence-corrected chi connectivity index (χ2v) is 0.954. The molecule has 0 saturated carbocycles. The minimum absolute atomic E-state index is 0. The van der Waals surface area contributed by atoms with Crippen LogP contribution in [0.2, 0.25) is 0 Å². The molecular formula is C3H10BCl2N. The van der Waals surface area contributed by atoms with E-state index in [1.807, 2.05) is 0 Å². The van der Waals surface area contributed by atoms with E-state index in [1.54, 1.807) is 0 Å². The molecule has 0 aromatic carbocycles. The van der Waals surface area contributed by atoms with Crippen LogP contribution >= 0.6 is 24.8 Å². The fraction of sp³-hybridized carbons (Fsp3) is 1.00. The van der Waals surface area contributed by atoms with E-state index in [0.717, 1.165) is 13.0 Å². The second-order valence-electron chi connectivity index (χ2n) is 0.954. The van der Waals surface area contributed by atoms with Gasteiger partial charge in [0.2, 0.25) is 0 Å². The smallest absolute Gasteiger partial charge is 0.177 e. The number of hydrogen-bond donors (Lipinski definition) is 1. The van der Waals surface area contributed by atoms with Gasteiger partial charge < -0.3 is 5.23 Å². The highest BCUT2D eigenvalue weighted by Gasteiger charge is 1.65. The Morgan fingerprint density at radius 2 is 1.86 bits per heavy atom. The molecule has 0 unspecified atom stereocenters. The first-order valence-corrected chi connectivity index (χ1v) is 1.85. The fourth-order valence-electron chi connectivity index (χ4n) is 0.144.